The van der Waals surface area contributed by atoms with Crippen molar-refractivity contribution in [2.45, 2.75) is 27.4 Å². The first kappa shape index (κ1) is 22.4. The van der Waals surface area contributed by atoms with Crippen LogP contribution < -0.4 is 9.47 Å². The standard InChI is InChI=1S/C25H24ClNO4/c1-4-30-23-13-19(14-27-22-11-16(2)5-6-17(22)3)12-21(26)24(23)31-15-18-7-9-20(10-8-18)25(28)29/h5-14H,4,15H2,1-3H3,(H,28,29). The topological polar surface area (TPSA) is 68.1 Å². The highest BCUT2D eigenvalue weighted by Crippen LogP contribution is 2.37. The summed E-state index contributed by atoms with van der Waals surface area (Å²) in [6.45, 7) is 6.63. The van der Waals surface area contributed by atoms with Gasteiger partial charge in [0.05, 0.1) is 22.9 Å². The van der Waals surface area contributed by atoms with Gasteiger partial charge in [-0.25, -0.2) is 4.79 Å². The van der Waals surface area contributed by atoms with E-state index >= 15 is 0 Å². The Morgan fingerprint density at radius 3 is 2.48 bits per heavy atom. The van der Waals surface area contributed by atoms with E-state index in [1.54, 1.807) is 36.5 Å². The number of benzene rings is 3. The van der Waals surface area contributed by atoms with Gasteiger partial charge in [-0.05, 0) is 73.4 Å². The van der Waals surface area contributed by atoms with E-state index in [2.05, 4.69) is 11.1 Å². The molecule has 3 aromatic carbocycles. The fraction of sp³-hybridized carbons (Fsp3) is 0.200. The van der Waals surface area contributed by atoms with Crippen LogP contribution in [-0.4, -0.2) is 23.9 Å². The average molecular weight is 438 g/mol. The molecule has 0 fully saturated rings. The Bertz CT molecular complexity index is 1110. The van der Waals surface area contributed by atoms with Crippen LogP contribution in [0.15, 0.2) is 59.6 Å². The normalized spacial score (nSPS) is 11.0. The molecule has 31 heavy (non-hydrogen) atoms. The highest BCUT2D eigenvalue weighted by atomic mass is 35.5. The molecule has 0 aliphatic carbocycles. The van der Waals surface area contributed by atoms with Crippen LogP contribution in [0.25, 0.3) is 0 Å². The second-order valence-corrected chi connectivity index (χ2v) is 7.51. The molecule has 3 aromatic rings. The molecule has 160 valence electrons. The van der Waals surface area contributed by atoms with Crippen LogP contribution in [0.2, 0.25) is 5.02 Å². The van der Waals surface area contributed by atoms with Crippen molar-refractivity contribution in [3.05, 3.63) is 87.4 Å². The van der Waals surface area contributed by atoms with Crippen LogP contribution in [0.3, 0.4) is 0 Å². The lowest BCUT2D eigenvalue weighted by atomic mass is 10.1. The van der Waals surface area contributed by atoms with Gasteiger partial charge in [0.1, 0.15) is 6.61 Å². The number of aliphatic imine (C=N–C) groups is 1. The number of rotatable bonds is 8. The Hall–Kier alpha value is -3.31. The largest absolute Gasteiger partial charge is 0.490 e. The van der Waals surface area contributed by atoms with Crippen molar-refractivity contribution in [3.8, 4) is 11.5 Å². The zero-order valence-electron chi connectivity index (χ0n) is 17.7. The van der Waals surface area contributed by atoms with E-state index in [4.69, 9.17) is 26.2 Å². The molecule has 6 heteroatoms. The summed E-state index contributed by atoms with van der Waals surface area (Å²) in [6, 6.07) is 16.3. The minimum atomic E-state index is -0.966. The SMILES string of the molecule is CCOc1cc(C=Nc2cc(C)ccc2C)cc(Cl)c1OCc1ccc(C(=O)O)cc1. The molecule has 0 aliphatic rings. The summed E-state index contributed by atoms with van der Waals surface area (Å²) in [5.41, 5.74) is 4.98. The summed E-state index contributed by atoms with van der Waals surface area (Å²) < 4.78 is 11.7. The van der Waals surface area contributed by atoms with E-state index in [9.17, 15) is 4.79 Å². The summed E-state index contributed by atoms with van der Waals surface area (Å²) in [7, 11) is 0. The Labute approximate surface area is 186 Å². The molecule has 0 radical (unpaired) electrons. The maximum atomic E-state index is 11.0. The monoisotopic (exact) mass is 437 g/mol. The Morgan fingerprint density at radius 1 is 1.06 bits per heavy atom. The number of halogens is 1. The van der Waals surface area contributed by atoms with Crippen LogP contribution in [0.5, 0.6) is 11.5 Å². The Kier molecular flexibility index (Phi) is 7.32. The summed E-state index contributed by atoms with van der Waals surface area (Å²) in [4.78, 5) is 15.6. The molecular formula is C25H24ClNO4. The summed E-state index contributed by atoms with van der Waals surface area (Å²) in [5, 5.41) is 9.42. The number of ether oxygens (including phenoxy) is 2. The van der Waals surface area contributed by atoms with E-state index < -0.39 is 5.97 Å². The van der Waals surface area contributed by atoms with E-state index in [1.807, 2.05) is 39.0 Å². The predicted molar refractivity (Wildman–Crippen MR) is 124 cm³/mol. The van der Waals surface area contributed by atoms with Gasteiger partial charge in [-0.2, -0.15) is 0 Å². The Balaban J connectivity index is 1.82. The van der Waals surface area contributed by atoms with Gasteiger partial charge in [0.2, 0.25) is 0 Å². The second-order valence-electron chi connectivity index (χ2n) is 7.10. The van der Waals surface area contributed by atoms with Crippen LogP contribution in [0, 0.1) is 13.8 Å². The number of hydrogen-bond donors (Lipinski definition) is 1. The van der Waals surface area contributed by atoms with E-state index in [-0.39, 0.29) is 12.2 Å². The quantitative estimate of drug-likeness (QED) is 0.415. The van der Waals surface area contributed by atoms with Gasteiger partial charge in [-0.15, -0.1) is 0 Å². The van der Waals surface area contributed by atoms with Crippen LogP contribution in [0.4, 0.5) is 5.69 Å². The second kappa shape index (κ2) is 10.1. The molecule has 0 saturated heterocycles. The molecular weight excluding hydrogens is 414 g/mol. The minimum Gasteiger partial charge on any atom is -0.490 e. The average Bonchev–Trinajstić information content (AvgIpc) is 2.74. The predicted octanol–water partition coefficient (Wildman–Crippen LogP) is 6.38. The fourth-order valence-electron chi connectivity index (χ4n) is 2.97. The van der Waals surface area contributed by atoms with Gasteiger partial charge in [0.15, 0.2) is 11.5 Å². The first-order valence-electron chi connectivity index (χ1n) is 9.90. The lowest BCUT2D eigenvalue weighted by Gasteiger charge is -2.14. The third-order valence-corrected chi connectivity index (χ3v) is 4.91. The van der Waals surface area contributed by atoms with E-state index in [0.717, 1.165) is 27.9 Å². The van der Waals surface area contributed by atoms with Crippen molar-refractivity contribution in [3.63, 3.8) is 0 Å². The molecule has 1 N–H and O–H groups in total. The van der Waals surface area contributed by atoms with Crippen LogP contribution >= 0.6 is 11.6 Å². The van der Waals surface area contributed by atoms with Crippen molar-refractivity contribution in [2.75, 3.05) is 6.61 Å². The molecule has 0 saturated carbocycles. The number of nitrogens with zero attached hydrogens (tertiary/aromatic N) is 1. The first-order chi connectivity index (χ1) is 14.9. The molecule has 0 bridgehead atoms. The molecule has 0 atom stereocenters. The van der Waals surface area contributed by atoms with Crippen LogP contribution in [-0.2, 0) is 6.61 Å². The zero-order chi connectivity index (χ0) is 22.4. The number of aryl methyl sites for hydroxylation is 2. The molecule has 5 nitrogen and oxygen atoms in total. The number of carboxylic acid groups (broad SMARTS) is 1. The van der Waals surface area contributed by atoms with Gasteiger partial charge in [-0.3, -0.25) is 4.99 Å². The molecule has 0 aromatic heterocycles. The van der Waals surface area contributed by atoms with Gasteiger partial charge >= 0.3 is 5.97 Å². The van der Waals surface area contributed by atoms with Crippen molar-refractivity contribution >= 4 is 29.5 Å². The zero-order valence-corrected chi connectivity index (χ0v) is 18.4. The summed E-state index contributed by atoms with van der Waals surface area (Å²) in [6.07, 6.45) is 1.75. The van der Waals surface area contributed by atoms with Crippen LogP contribution in [0.1, 0.15) is 39.5 Å². The molecule has 0 aliphatic heterocycles. The maximum absolute atomic E-state index is 11.0. The number of carbonyl (C=O) groups is 1. The van der Waals surface area contributed by atoms with E-state index in [0.29, 0.717) is 23.1 Å². The van der Waals surface area contributed by atoms with Crippen molar-refractivity contribution in [2.24, 2.45) is 4.99 Å². The number of aromatic carboxylic acids is 1. The Morgan fingerprint density at radius 2 is 1.81 bits per heavy atom. The highest BCUT2D eigenvalue weighted by Gasteiger charge is 2.13. The first-order valence-corrected chi connectivity index (χ1v) is 10.3. The minimum absolute atomic E-state index is 0.226. The lowest BCUT2D eigenvalue weighted by Crippen LogP contribution is -2.02. The van der Waals surface area contributed by atoms with Gasteiger partial charge in [-0.1, -0.05) is 35.9 Å². The third-order valence-electron chi connectivity index (χ3n) is 4.63. The van der Waals surface area contributed by atoms with Crippen molar-refractivity contribution < 1.29 is 19.4 Å². The number of hydrogen-bond acceptors (Lipinski definition) is 4. The third kappa shape index (κ3) is 5.86. The van der Waals surface area contributed by atoms with Gasteiger partial charge < -0.3 is 14.6 Å². The highest BCUT2D eigenvalue weighted by molar-refractivity contribution is 6.32. The van der Waals surface area contributed by atoms with Crippen molar-refractivity contribution in [1.82, 2.24) is 0 Å². The fourth-order valence-corrected chi connectivity index (χ4v) is 3.24. The maximum Gasteiger partial charge on any atom is 0.335 e. The van der Waals surface area contributed by atoms with Gasteiger partial charge in [0.25, 0.3) is 0 Å². The lowest BCUT2D eigenvalue weighted by molar-refractivity contribution is 0.0697. The van der Waals surface area contributed by atoms with E-state index in [1.165, 1.54) is 0 Å². The molecule has 0 heterocycles. The molecule has 3 rings (SSSR count). The number of carboxylic acids is 1. The van der Waals surface area contributed by atoms with Gasteiger partial charge in [0, 0.05) is 6.21 Å². The smallest absolute Gasteiger partial charge is 0.335 e. The summed E-state index contributed by atoms with van der Waals surface area (Å²) >= 11 is 6.50. The van der Waals surface area contributed by atoms with Crippen molar-refractivity contribution in [1.29, 1.82) is 0 Å². The molecule has 0 spiro atoms. The summed E-state index contributed by atoms with van der Waals surface area (Å²) in [5.74, 6) is 0.00143. The molecule has 0 unspecified atom stereocenters. The molecule has 0 amide bonds.